The maximum atomic E-state index is 13.1. The fourth-order valence-electron chi connectivity index (χ4n) is 2.10. The lowest BCUT2D eigenvalue weighted by Gasteiger charge is -2.17. The molecule has 5 nitrogen and oxygen atoms in total. The molecule has 0 aromatic heterocycles. The number of aryl methyl sites for hydroxylation is 1. The molecule has 0 saturated carbocycles. The fourth-order valence-corrected chi connectivity index (χ4v) is 2.54. The van der Waals surface area contributed by atoms with E-state index < -0.39 is 17.9 Å². The standard InChI is InChI=1S/C18H17BrFNO4/c1-10-8-12(18(23)24-3)4-6-15(10)21-17(22)11(2)25-16-7-5-13(20)9-14(16)19/h4-9,11H,1-3H3,(H,21,22). The van der Waals surface area contributed by atoms with Crippen molar-refractivity contribution >= 4 is 33.5 Å². The Labute approximate surface area is 153 Å². The number of hydrogen-bond acceptors (Lipinski definition) is 4. The summed E-state index contributed by atoms with van der Waals surface area (Å²) in [5.41, 5.74) is 1.68. The molecule has 0 spiro atoms. The number of halogens is 2. The molecule has 0 saturated heterocycles. The molecule has 7 heteroatoms. The number of ether oxygens (including phenoxy) is 2. The lowest BCUT2D eigenvalue weighted by atomic mass is 10.1. The van der Waals surface area contributed by atoms with Gasteiger partial charge in [0.1, 0.15) is 11.6 Å². The van der Waals surface area contributed by atoms with Gasteiger partial charge in [-0.3, -0.25) is 4.79 Å². The number of benzene rings is 2. The Morgan fingerprint density at radius 1 is 1.20 bits per heavy atom. The number of esters is 1. The van der Waals surface area contributed by atoms with E-state index in [-0.39, 0.29) is 5.91 Å². The summed E-state index contributed by atoms with van der Waals surface area (Å²) in [5, 5.41) is 2.74. The third-order valence-electron chi connectivity index (χ3n) is 3.47. The van der Waals surface area contributed by atoms with Crippen LogP contribution in [-0.4, -0.2) is 25.1 Å². The van der Waals surface area contributed by atoms with Gasteiger partial charge in [-0.25, -0.2) is 9.18 Å². The van der Waals surface area contributed by atoms with Crippen molar-refractivity contribution in [2.75, 3.05) is 12.4 Å². The Bertz CT molecular complexity index is 810. The second kappa shape index (κ2) is 8.11. The van der Waals surface area contributed by atoms with Crippen molar-refractivity contribution in [3.63, 3.8) is 0 Å². The van der Waals surface area contributed by atoms with Crippen molar-refractivity contribution in [1.82, 2.24) is 0 Å². The minimum Gasteiger partial charge on any atom is -0.480 e. The van der Waals surface area contributed by atoms with Crippen molar-refractivity contribution in [2.45, 2.75) is 20.0 Å². The van der Waals surface area contributed by atoms with Crippen molar-refractivity contribution in [1.29, 1.82) is 0 Å². The van der Waals surface area contributed by atoms with E-state index in [1.165, 1.54) is 25.3 Å². The van der Waals surface area contributed by atoms with Crippen molar-refractivity contribution in [2.24, 2.45) is 0 Å². The summed E-state index contributed by atoms with van der Waals surface area (Å²) in [6.07, 6.45) is -0.804. The number of methoxy groups -OCH3 is 1. The minimum absolute atomic E-state index is 0.363. The van der Waals surface area contributed by atoms with Gasteiger partial charge in [0.25, 0.3) is 5.91 Å². The quantitative estimate of drug-likeness (QED) is 0.755. The van der Waals surface area contributed by atoms with E-state index in [0.717, 1.165) is 0 Å². The summed E-state index contributed by atoms with van der Waals surface area (Å²) in [6, 6.07) is 8.77. The predicted molar refractivity (Wildman–Crippen MR) is 95.3 cm³/mol. The van der Waals surface area contributed by atoms with Gasteiger partial charge in [0.15, 0.2) is 6.10 Å². The molecule has 1 atom stereocenters. The number of anilines is 1. The molecule has 0 aliphatic carbocycles. The highest BCUT2D eigenvalue weighted by atomic mass is 79.9. The average molecular weight is 410 g/mol. The zero-order valence-corrected chi connectivity index (χ0v) is 15.5. The van der Waals surface area contributed by atoms with Crippen LogP contribution >= 0.6 is 15.9 Å². The normalized spacial score (nSPS) is 11.6. The van der Waals surface area contributed by atoms with Crippen LogP contribution in [0.15, 0.2) is 40.9 Å². The summed E-state index contributed by atoms with van der Waals surface area (Å²) in [7, 11) is 1.31. The second-order valence-corrected chi connectivity index (χ2v) is 6.20. The first-order valence-corrected chi connectivity index (χ1v) is 8.22. The van der Waals surface area contributed by atoms with Gasteiger partial charge >= 0.3 is 5.97 Å². The molecule has 1 N–H and O–H groups in total. The molecule has 2 rings (SSSR count). The molecule has 1 amide bonds. The van der Waals surface area contributed by atoms with Gasteiger partial charge in [-0.05, 0) is 71.7 Å². The van der Waals surface area contributed by atoms with Crippen molar-refractivity contribution in [3.8, 4) is 5.75 Å². The van der Waals surface area contributed by atoms with E-state index in [0.29, 0.717) is 27.0 Å². The molecular formula is C18H17BrFNO4. The maximum absolute atomic E-state index is 13.1. The van der Waals surface area contributed by atoms with Crippen LogP contribution in [0.2, 0.25) is 0 Å². The molecule has 2 aromatic carbocycles. The van der Waals surface area contributed by atoms with Gasteiger partial charge in [-0.15, -0.1) is 0 Å². The number of amides is 1. The Morgan fingerprint density at radius 2 is 1.92 bits per heavy atom. The van der Waals surface area contributed by atoms with Crippen LogP contribution in [0, 0.1) is 12.7 Å². The van der Waals surface area contributed by atoms with Gasteiger partial charge in [0, 0.05) is 5.69 Å². The summed E-state index contributed by atoms with van der Waals surface area (Å²) in [5.74, 6) is -0.858. The predicted octanol–water partition coefficient (Wildman–Crippen LogP) is 4.09. The van der Waals surface area contributed by atoms with Crippen LogP contribution in [0.25, 0.3) is 0 Å². The number of carbonyl (C=O) groups is 2. The Balaban J connectivity index is 2.07. The van der Waals surface area contributed by atoms with Gasteiger partial charge in [0.2, 0.25) is 0 Å². The van der Waals surface area contributed by atoms with Gasteiger partial charge in [-0.2, -0.15) is 0 Å². The Morgan fingerprint density at radius 3 is 2.52 bits per heavy atom. The van der Waals surface area contributed by atoms with Gasteiger partial charge in [-0.1, -0.05) is 0 Å². The molecular weight excluding hydrogens is 393 g/mol. The summed E-state index contributed by atoms with van der Waals surface area (Å²) in [4.78, 5) is 23.8. The molecule has 0 heterocycles. The highest BCUT2D eigenvalue weighted by Gasteiger charge is 2.18. The van der Waals surface area contributed by atoms with E-state index in [1.807, 2.05) is 0 Å². The minimum atomic E-state index is -0.804. The first-order valence-electron chi connectivity index (χ1n) is 7.43. The monoisotopic (exact) mass is 409 g/mol. The maximum Gasteiger partial charge on any atom is 0.337 e. The van der Waals surface area contributed by atoms with Crippen LogP contribution in [0.5, 0.6) is 5.75 Å². The van der Waals surface area contributed by atoms with E-state index in [2.05, 4.69) is 26.0 Å². The van der Waals surface area contributed by atoms with Crippen LogP contribution in [0.3, 0.4) is 0 Å². The van der Waals surface area contributed by atoms with Crippen LogP contribution in [0.1, 0.15) is 22.8 Å². The molecule has 0 fully saturated rings. The fraction of sp³-hybridized carbons (Fsp3) is 0.222. The van der Waals surface area contributed by atoms with Gasteiger partial charge in [0.05, 0.1) is 17.1 Å². The van der Waals surface area contributed by atoms with Crippen LogP contribution in [-0.2, 0) is 9.53 Å². The highest BCUT2D eigenvalue weighted by molar-refractivity contribution is 9.10. The lowest BCUT2D eigenvalue weighted by Crippen LogP contribution is -2.30. The second-order valence-electron chi connectivity index (χ2n) is 5.35. The smallest absolute Gasteiger partial charge is 0.337 e. The Kier molecular flexibility index (Phi) is 6.14. The molecule has 0 bridgehead atoms. The summed E-state index contributed by atoms with van der Waals surface area (Å²) in [6.45, 7) is 3.35. The van der Waals surface area contributed by atoms with Crippen LogP contribution in [0.4, 0.5) is 10.1 Å². The number of nitrogens with one attached hydrogen (secondary N) is 1. The number of carbonyl (C=O) groups excluding carboxylic acids is 2. The molecule has 132 valence electrons. The summed E-state index contributed by atoms with van der Waals surface area (Å²) >= 11 is 3.19. The van der Waals surface area contributed by atoms with Crippen molar-refractivity contribution < 1.29 is 23.5 Å². The Hall–Kier alpha value is -2.41. The van der Waals surface area contributed by atoms with E-state index >= 15 is 0 Å². The van der Waals surface area contributed by atoms with Gasteiger partial charge < -0.3 is 14.8 Å². The third kappa shape index (κ3) is 4.79. The van der Waals surface area contributed by atoms with E-state index in [1.54, 1.807) is 32.0 Å². The van der Waals surface area contributed by atoms with Crippen molar-refractivity contribution in [3.05, 3.63) is 57.8 Å². The molecule has 0 radical (unpaired) electrons. The largest absolute Gasteiger partial charge is 0.480 e. The molecule has 0 aliphatic rings. The summed E-state index contributed by atoms with van der Waals surface area (Å²) < 4.78 is 23.7. The molecule has 2 aromatic rings. The highest BCUT2D eigenvalue weighted by Crippen LogP contribution is 2.26. The molecule has 0 aliphatic heterocycles. The number of hydrogen-bond donors (Lipinski definition) is 1. The van der Waals surface area contributed by atoms with E-state index in [4.69, 9.17) is 4.74 Å². The zero-order chi connectivity index (χ0) is 18.6. The molecule has 1 unspecified atom stereocenters. The zero-order valence-electron chi connectivity index (χ0n) is 13.9. The lowest BCUT2D eigenvalue weighted by molar-refractivity contribution is -0.122. The van der Waals surface area contributed by atoms with E-state index in [9.17, 15) is 14.0 Å². The average Bonchev–Trinajstić information content (AvgIpc) is 2.58. The molecule has 25 heavy (non-hydrogen) atoms. The first kappa shape index (κ1) is 18.9. The van der Waals surface area contributed by atoms with Crippen LogP contribution < -0.4 is 10.1 Å². The first-order chi connectivity index (χ1) is 11.8. The third-order valence-corrected chi connectivity index (χ3v) is 4.09. The topological polar surface area (TPSA) is 64.6 Å². The number of rotatable bonds is 5. The SMILES string of the molecule is COC(=O)c1ccc(NC(=O)C(C)Oc2ccc(F)cc2Br)c(C)c1.